The fourth-order valence-electron chi connectivity index (χ4n) is 2.78. The Kier molecular flexibility index (Phi) is 5.77. The van der Waals surface area contributed by atoms with Crippen molar-refractivity contribution in [1.82, 2.24) is 9.88 Å². The first-order valence-electron chi connectivity index (χ1n) is 7.63. The Balaban J connectivity index is 2.10. The number of amides is 1. The van der Waals surface area contributed by atoms with E-state index in [0.29, 0.717) is 17.3 Å². The van der Waals surface area contributed by atoms with Crippen molar-refractivity contribution in [2.45, 2.75) is 45.1 Å². The van der Waals surface area contributed by atoms with E-state index in [2.05, 4.69) is 23.7 Å². The van der Waals surface area contributed by atoms with Crippen molar-refractivity contribution in [3.8, 4) is 11.8 Å². The van der Waals surface area contributed by atoms with Gasteiger partial charge in [-0.3, -0.25) is 4.79 Å². The first-order chi connectivity index (χ1) is 10.3. The van der Waals surface area contributed by atoms with Gasteiger partial charge in [0.05, 0.1) is 0 Å². The highest BCUT2D eigenvalue weighted by Gasteiger charge is 2.27. The number of nitrogens with zero attached hydrogens (tertiary/aromatic N) is 2. The lowest BCUT2D eigenvalue weighted by Crippen LogP contribution is -2.43. The van der Waals surface area contributed by atoms with Gasteiger partial charge in [-0.2, -0.15) is 0 Å². The van der Waals surface area contributed by atoms with E-state index < -0.39 is 0 Å². The molecule has 21 heavy (non-hydrogen) atoms. The lowest BCUT2D eigenvalue weighted by atomic mass is 9.98. The third-order valence-electron chi connectivity index (χ3n) is 3.80. The Hall–Kier alpha value is -1.86. The van der Waals surface area contributed by atoms with Gasteiger partial charge >= 0.3 is 0 Å². The molecule has 0 saturated carbocycles. The van der Waals surface area contributed by atoms with Crippen molar-refractivity contribution in [2.75, 3.05) is 13.2 Å². The first-order valence-corrected chi connectivity index (χ1v) is 7.63. The molecule has 4 heteroatoms. The van der Waals surface area contributed by atoms with Crippen molar-refractivity contribution in [1.29, 1.82) is 0 Å². The number of aliphatic hydroxyl groups excluding tert-OH is 1. The minimum absolute atomic E-state index is 0.0230. The fourth-order valence-corrected chi connectivity index (χ4v) is 2.78. The third-order valence-corrected chi connectivity index (χ3v) is 3.80. The summed E-state index contributed by atoms with van der Waals surface area (Å²) in [5.74, 6) is 5.38. The fraction of sp³-hybridized carbons (Fsp3) is 0.529. The average molecular weight is 286 g/mol. The number of hydrogen-bond acceptors (Lipinski definition) is 3. The topological polar surface area (TPSA) is 53.4 Å². The van der Waals surface area contributed by atoms with Crippen LogP contribution < -0.4 is 0 Å². The second kappa shape index (κ2) is 7.80. The van der Waals surface area contributed by atoms with E-state index in [0.717, 1.165) is 32.2 Å². The van der Waals surface area contributed by atoms with Crippen LogP contribution in [0.5, 0.6) is 0 Å². The number of likely N-dealkylation sites (tertiary alicyclic amines) is 1. The maximum atomic E-state index is 12.6. The normalized spacial score (nSPS) is 18.0. The standard InChI is InChI=1S/C17H22N2O2/c1-2-6-15-8-3-4-11-19(15)17(21)16-10-9-14(13-18-16)7-5-12-20/h9-10,13,15,20H,2-4,6,8,11-12H2,1H3. The van der Waals surface area contributed by atoms with Crippen LogP contribution in [-0.2, 0) is 0 Å². The highest BCUT2D eigenvalue weighted by atomic mass is 16.2. The van der Waals surface area contributed by atoms with Gasteiger partial charge in [0.2, 0.25) is 0 Å². The molecular formula is C17H22N2O2. The number of rotatable bonds is 3. The molecule has 0 aromatic carbocycles. The number of aliphatic hydroxyl groups is 1. The number of carbonyl (C=O) groups is 1. The molecule has 2 heterocycles. The summed E-state index contributed by atoms with van der Waals surface area (Å²) >= 11 is 0. The number of carbonyl (C=O) groups excluding carboxylic acids is 1. The molecule has 1 amide bonds. The minimum atomic E-state index is -0.173. The third kappa shape index (κ3) is 4.05. The molecule has 2 rings (SSSR count). The van der Waals surface area contributed by atoms with E-state index in [1.165, 1.54) is 6.42 Å². The van der Waals surface area contributed by atoms with Crippen molar-refractivity contribution >= 4 is 5.91 Å². The zero-order chi connectivity index (χ0) is 15.1. The summed E-state index contributed by atoms with van der Waals surface area (Å²) < 4.78 is 0. The van der Waals surface area contributed by atoms with E-state index in [-0.39, 0.29) is 12.5 Å². The quantitative estimate of drug-likeness (QED) is 0.867. The van der Waals surface area contributed by atoms with Crippen LogP contribution in [0.3, 0.4) is 0 Å². The summed E-state index contributed by atoms with van der Waals surface area (Å²) in [4.78, 5) is 18.8. The Bertz CT molecular complexity index is 526. The van der Waals surface area contributed by atoms with Crippen LogP contribution in [0, 0.1) is 11.8 Å². The molecule has 0 aliphatic carbocycles. The number of aromatic nitrogens is 1. The number of hydrogen-bond donors (Lipinski definition) is 1. The van der Waals surface area contributed by atoms with Crippen LogP contribution in [0.15, 0.2) is 18.3 Å². The van der Waals surface area contributed by atoms with Gasteiger partial charge < -0.3 is 10.0 Å². The maximum absolute atomic E-state index is 12.6. The molecule has 1 aliphatic rings. The van der Waals surface area contributed by atoms with Crippen molar-refractivity contribution in [2.24, 2.45) is 0 Å². The summed E-state index contributed by atoms with van der Waals surface area (Å²) in [6, 6.07) is 3.86. The highest BCUT2D eigenvalue weighted by Crippen LogP contribution is 2.22. The lowest BCUT2D eigenvalue weighted by Gasteiger charge is -2.35. The lowest BCUT2D eigenvalue weighted by molar-refractivity contribution is 0.0594. The zero-order valence-corrected chi connectivity index (χ0v) is 12.5. The van der Waals surface area contributed by atoms with Gasteiger partial charge in [-0.15, -0.1) is 0 Å². The summed E-state index contributed by atoms with van der Waals surface area (Å²) in [5.41, 5.74) is 1.19. The SMILES string of the molecule is CCCC1CCCCN1C(=O)c1ccc(C#CCO)cn1. The predicted octanol–water partition coefficient (Wildman–Crippen LogP) is 2.22. The van der Waals surface area contributed by atoms with Crippen molar-refractivity contribution in [3.05, 3.63) is 29.6 Å². The van der Waals surface area contributed by atoms with Gasteiger partial charge in [0.15, 0.2) is 0 Å². The van der Waals surface area contributed by atoms with Gasteiger partial charge in [-0.25, -0.2) is 4.98 Å². The number of piperidine rings is 1. The average Bonchev–Trinajstić information content (AvgIpc) is 2.53. The van der Waals surface area contributed by atoms with E-state index in [9.17, 15) is 4.79 Å². The summed E-state index contributed by atoms with van der Waals surface area (Å²) in [7, 11) is 0. The van der Waals surface area contributed by atoms with Gasteiger partial charge in [-0.1, -0.05) is 25.2 Å². The zero-order valence-electron chi connectivity index (χ0n) is 12.5. The molecule has 0 radical (unpaired) electrons. The van der Waals surface area contributed by atoms with Gasteiger partial charge in [0.25, 0.3) is 5.91 Å². The summed E-state index contributed by atoms with van der Waals surface area (Å²) in [5, 5.41) is 8.67. The van der Waals surface area contributed by atoms with E-state index in [1.807, 2.05) is 4.90 Å². The molecule has 1 N–H and O–H groups in total. The Morgan fingerprint density at radius 1 is 1.48 bits per heavy atom. The Labute approximate surface area is 126 Å². The largest absolute Gasteiger partial charge is 0.384 e. The van der Waals surface area contributed by atoms with Crippen LogP contribution >= 0.6 is 0 Å². The Morgan fingerprint density at radius 3 is 3.00 bits per heavy atom. The molecule has 112 valence electrons. The van der Waals surface area contributed by atoms with Crippen LogP contribution in [-0.4, -0.2) is 40.1 Å². The summed E-state index contributed by atoms with van der Waals surface area (Å²) in [6.07, 6.45) is 7.13. The van der Waals surface area contributed by atoms with Crippen LogP contribution in [0.2, 0.25) is 0 Å². The molecular weight excluding hydrogens is 264 g/mol. The second-order valence-corrected chi connectivity index (χ2v) is 5.33. The molecule has 1 saturated heterocycles. The van der Waals surface area contributed by atoms with E-state index in [1.54, 1.807) is 18.3 Å². The second-order valence-electron chi connectivity index (χ2n) is 5.33. The van der Waals surface area contributed by atoms with E-state index in [4.69, 9.17) is 5.11 Å². The molecule has 1 fully saturated rings. The van der Waals surface area contributed by atoms with Crippen molar-refractivity contribution < 1.29 is 9.90 Å². The Morgan fingerprint density at radius 2 is 2.33 bits per heavy atom. The molecule has 0 spiro atoms. The first kappa shape index (κ1) is 15.5. The van der Waals surface area contributed by atoms with E-state index >= 15 is 0 Å². The van der Waals surface area contributed by atoms with Crippen LogP contribution in [0.4, 0.5) is 0 Å². The smallest absolute Gasteiger partial charge is 0.272 e. The van der Waals surface area contributed by atoms with Gasteiger partial charge in [0.1, 0.15) is 12.3 Å². The summed E-state index contributed by atoms with van der Waals surface area (Å²) in [6.45, 7) is 2.81. The van der Waals surface area contributed by atoms with Gasteiger partial charge in [0, 0.05) is 24.3 Å². The molecule has 1 aromatic heterocycles. The predicted molar refractivity (Wildman–Crippen MR) is 81.8 cm³/mol. The molecule has 1 atom stereocenters. The number of pyridine rings is 1. The molecule has 1 aromatic rings. The highest BCUT2D eigenvalue weighted by molar-refractivity contribution is 5.92. The molecule has 4 nitrogen and oxygen atoms in total. The monoisotopic (exact) mass is 286 g/mol. The van der Waals surface area contributed by atoms with Crippen LogP contribution in [0.25, 0.3) is 0 Å². The van der Waals surface area contributed by atoms with Crippen molar-refractivity contribution in [3.63, 3.8) is 0 Å². The molecule has 1 unspecified atom stereocenters. The molecule has 0 bridgehead atoms. The van der Waals surface area contributed by atoms with Crippen LogP contribution in [0.1, 0.15) is 55.1 Å². The molecule has 1 aliphatic heterocycles. The maximum Gasteiger partial charge on any atom is 0.272 e. The van der Waals surface area contributed by atoms with Gasteiger partial charge in [-0.05, 0) is 37.8 Å². The minimum Gasteiger partial charge on any atom is -0.384 e.